The number of benzene rings is 2. The molecule has 5 nitrogen and oxygen atoms in total. The molecule has 1 unspecified atom stereocenters. The molecule has 1 atom stereocenters. The van der Waals surface area contributed by atoms with E-state index in [1.807, 2.05) is 41.1 Å². The SMILES string of the molecule is O=C(NCC1CCC(F)(F)C1)c1ccc(Cn2nnc3ccccc32)cc1. The maximum absolute atomic E-state index is 13.2. The van der Waals surface area contributed by atoms with E-state index < -0.39 is 5.92 Å². The van der Waals surface area contributed by atoms with Gasteiger partial charge in [-0.2, -0.15) is 0 Å². The quantitative estimate of drug-likeness (QED) is 0.746. The summed E-state index contributed by atoms with van der Waals surface area (Å²) in [6.07, 6.45) is 0.232. The summed E-state index contributed by atoms with van der Waals surface area (Å²) in [5, 5.41) is 11.1. The molecule has 1 saturated carbocycles. The van der Waals surface area contributed by atoms with Crippen LogP contribution in [0.2, 0.25) is 0 Å². The number of halogens is 2. The van der Waals surface area contributed by atoms with E-state index in [1.54, 1.807) is 12.1 Å². The van der Waals surface area contributed by atoms with Crippen LogP contribution in [0.15, 0.2) is 48.5 Å². The van der Waals surface area contributed by atoms with Crippen molar-refractivity contribution in [2.24, 2.45) is 5.92 Å². The summed E-state index contributed by atoms with van der Waals surface area (Å²) in [5.74, 6) is -2.96. The van der Waals surface area contributed by atoms with E-state index in [9.17, 15) is 13.6 Å². The highest BCUT2D eigenvalue weighted by Gasteiger charge is 2.39. The number of aromatic nitrogens is 3. The number of para-hydroxylation sites is 1. The third-order valence-corrected chi connectivity index (χ3v) is 5.03. The van der Waals surface area contributed by atoms with Crippen LogP contribution in [0.3, 0.4) is 0 Å². The summed E-state index contributed by atoms with van der Waals surface area (Å²) < 4.78 is 28.2. The molecular formula is C20H20F2N4O. The van der Waals surface area contributed by atoms with Gasteiger partial charge < -0.3 is 5.32 Å². The highest BCUT2D eigenvalue weighted by molar-refractivity contribution is 5.94. The van der Waals surface area contributed by atoms with Gasteiger partial charge in [0.2, 0.25) is 5.92 Å². The first-order chi connectivity index (χ1) is 13.0. The Morgan fingerprint density at radius 1 is 1.19 bits per heavy atom. The molecule has 4 rings (SSSR count). The van der Waals surface area contributed by atoms with Crippen LogP contribution < -0.4 is 5.32 Å². The predicted molar refractivity (Wildman–Crippen MR) is 97.7 cm³/mol. The van der Waals surface area contributed by atoms with Crippen LogP contribution in [-0.2, 0) is 6.54 Å². The minimum Gasteiger partial charge on any atom is -0.352 e. The second-order valence-electron chi connectivity index (χ2n) is 7.11. The number of rotatable bonds is 5. The summed E-state index contributed by atoms with van der Waals surface area (Å²) in [5.41, 5.74) is 3.31. The summed E-state index contributed by atoms with van der Waals surface area (Å²) in [7, 11) is 0. The van der Waals surface area contributed by atoms with Crippen LogP contribution in [0.1, 0.15) is 35.2 Å². The smallest absolute Gasteiger partial charge is 0.251 e. The lowest BCUT2D eigenvalue weighted by atomic mass is 10.1. The third kappa shape index (κ3) is 3.97. The maximum Gasteiger partial charge on any atom is 0.251 e. The minimum atomic E-state index is -2.58. The first kappa shape index (κ1) is 17.6. The van der Waals surface area contributed by atoms with Gasteiger partial charge in [0.1, 0.15) is 5.52 Å². The predicted octanol–water partition coefficient (Wildman–Crippen LogP) is 3.64. The summed E-state index contributed by atoms with van der Waals surface area (Å²) in [6, 6.07) is 15.0. The van der Waals surface area contributed by atoms with Gasteiger partial charge in [-0.25, -0.2) is 13.5 Å². The van der Waals surface area contributed by atoms with Crippen molar-refractivity contribution in [1.29, 1.82) is 0 Å². The number of hydrogen-bond donors (Lipinski definition) is 1. The average Bonchev–Trinajstić information content (AvgIpc) is 3.23. The molecule has 0 aliphatic heterocycles. The molecule has 1 aromatic heterocycles. The van der Waals surface area contributed by atoms with Gasteiger partial charge in [0.25, 0.3) is 5.91 Å². The first-order valence-electron chi connectivity index (χ1n) is 9.03. The van der Waals surface area contributed by atoms with Crippen molar-refractivity contribution in [3.8, 4) is 0 Å². The number of carbonyl (C=O) groups excluding carboxylic acids is 1. The normalized spacial score (nSPS) is 18.7. The van der Waals surface area contributed by atoms with Gasteiger partial charge in [-0.3, -0.25) is 4.79 Å². The summed E-state index contributed by atoms with van der Waals surface area (Å²) in [4.78, 5) is 12.2. The molecule has 3 aromatic rings. The standard InChI is InChI=1S/C20H20F2N4O/c21-20(22)10-9-15(11-20)12-23-19(27)16-7-5-14(6-8-16)13-26-18-4-2-1-3-17(18)24-25-26/h1-8,15H,9-13H2,(H,23,27). The molecule has 1 N–H and O–H groups in total. The van der Waals surface area contributed by atoms with E-state index in [-0.39, 0.29) is 24.7 Å². The van der Waals surface area contributed by atoms with E-state index in [2.05, 4.69) is 15.6 Å². The molecule has 140 valence electrons. The minimum absolute atomic E-state index is 0.0841. The van der Waals surface area contributed by atoms with E-state index in [0.29, 0.717) is 25.1 Å². The number of hydrogen-bond acceptors (Lipinski definition) is 3. The van der Waals surface area contributed by atoms with Crippen LogP contribution in [0.5, 0.6) is 0 Å². The highest BCUT2D eigenvalue weighted by atomic mass is 19.3. The number of nitrogens with zero attached hydrogens (tertiary/aromatic N) is 3. The Bertz CT molecular complexity index is 952. The molecule has 1 amide bonds. The van der Waals surface area contributed by atoms with Crippen LogP contribution >= 0.6 is 0 Å². The van der Waals surface area contributed by atoms with Crippen LogP contribution in [0.4, 0.5) is 8.78 Å². The number of carbonyl (C=O) groups is 1. The highest BCUT2D eigenvalue weighted by Crippen LogP contribution is 2.38. The van der Waals surface area contributed by atoms with Crippen molar-refractivity contribution in [3.05, 3.63) is 59.7 Å². The summed E-state index contributed by atoms with van der Waals surface area (Å²) in [6.45, 7) is 0.848. The Labute approximate surface area is 155 Å². The fourth-order valence-corrected chi connectivity index (χ4v) is 3.52. The van der Waals surface area contributed by atoms with Crippen molar-refractivity contribution >= 4 is 16.9 Å². The molecule has 1 fully saturated rings. The Balaban J connectivity index is 1.36. The van der Waals surface area contributed by atoms with Crippen LogP contribution in [0, 0.1) is 5.92 Å². The molecule has 0 bridgehead atoms. The van der Waals surface area contributed by atoms with Crippen molar-refractivity contribution in [2.45, 2.75) is 31.7 Å². The number of nitrogens with one attached hydrogen (secondary N) is 1. The molecule has 2 aromatic carbocycles. The fourth-order valence-electron chi connectivity index (χ4n) is 3.52. The molecule has 0 spiro atoms. The van der Waals surface area contributed by atoms with E-state index in [4.69, 9.17) is 0 Å². The van der Waals surface area contributed by atoms with Gasteiger partial charge in [0.05, 0.1) is 12.1 Å². The molecular weight excluding hydrogens is 350 g/mol. The second kappa shape index (κ2) is 7.06. The van der Waals surface area contributed by atoms with E-state index in [1.165, 1.54) is 0 Å². The van der Waals surface area contributed by atoms with Gasteiger partial charge in [-0.15, -0.1) is 5.10 Å². The van der Waals surface area contributed by atoms with Gasteiger partial charge >= 0.3 is 0 Å². The largest absolute Gasteiger partial charge is 0.352 e. The van der Waals surface area contributed by atoms with Crippen LogP contribution in [0.25, 0.3) is 11.0 Å². The fraction of sp³-hybridized carbons (Fsp3) is 0.350. The van der Waals surface area contributed by atoms with Crippen molar-refractivity contribution in [3.63, 3.8) is 0 Å². The topological polar surface area (TPSA) is 59.8 Å². The van der Waals surface area contributed by atoms with Gasteiger partial charge in [-0.05, 0) is 42.2 Å². The molecule has 0 radical (unpaired) electrons. The molecule has 1 aliphatic carbocycles. The molecule has 0 saturated heterocycles. The third-order valence-electron chi connectivity index (χ3n) is 5.03. The zero-order chi connectivity index (χ0) is 18.9. The van der Waals surface area contributed by atoms with Gasteiger partial charge in [-0.1, -0.05) is 29.5 Å². The molecule has 1 aliphatic rings. The lowest BCUT2D eigenvalue weighted by molar-refractivity contribution is 0.00504. The van der Waals surface area contributed by atoms with Crippen molar-refractivity contribution in [1.82, 2.24) is 20.3 Å². The maximum atomic E-state index is 13.2. The van der Waals surface area contributed by atoms with Crippen molar-refractivity contribution in [2.75, 3.05) is 6.54 Å². The lowest BCUT2D eigenvalue weighted by Gasteiger charge is -2.12. The first-order valence-corrected chi connectivity index (χ1v) is 9.03. The Hall–Kier alpha value is -2.83. The number of alkyl halides is 2. The number of amides is 1. The monoisotopic (exact) mass is 370 g/mol. The molecule has 27 heavy (non-hydrogen) atoms. The van der Waals surface area contributed by atoms with E-state index in [0.717, 1.165) is 16.6 Å². The Kier molecular flexibility index (Phi) is 4.59. The summed E-state index contributed by atoms with van der Waals surface area (Å²) >= 11 is 0. The van der Waals surface area contributed by atoms with E-state index >= 15 is 0 Å². The number of fused-ring (bicyclic) bond motifs is 1. The molecule has 1 heterocycles. The lowest BCUT2D eigenvalue weighted by Crippen LogP contribution is -2.29. The van der Waals surface area contributed by atoms with Gasteiger partial charge in [0.15, 0.2) is 0 Å². The Morgan fingerprint density at radius 2 is 1.96 bits per heavy atom. The van der Waals surface area contributed by atoms with Gasteiger partial charge in [0, 0.05) is 24.9 Å². The molecule has 7 heteroatoms. The second-order valence-corrected chi connectivity index (χ2v) is 7.11. The average molecular weight is 370 g/mol. The van der Waals surface area contributed by atoms with Crippen molar-refractivity contribution < 1.29 is 13.6 Å². The zero-order valence-corrected chi connectivity index (χ0v) is 14.7. The Morgan fingerprint density at radius 3 is 2.70 bits per heavy atom. The zero-order valence-electron chi connectivity index (χ0n) is 14.7. The van der Waals surface area contributed by atoms with Crippen LogP contribution in [-0.4, -0.2) is 33.4 Å².